The van der Waals surface area contributed by atoms with Crippen molar-refractivity contribution in [1.29, 1.82) is 0 Å². The van der Waals surface area contributed by atoms with E-state index < -0.39 is 0 Å². The molecule has 1 aliphatic heterocycles. The Hall–Kier alpha value is -2.83. The van der Waals surface area contributed by atoms with E-state index in [1.807, 2.05) is 36.1 Å². The van der Waals surface area contributed by atoms with Crippen LogP contribution >= 0.6 is 0 Å². The van der Waals surface area contributed by atoms with Gasteiger partial charge in [0.25, 0.3) is 0 Å². The van der Waals surface area contributed by atoms with E-state index in [2.05, 4.69) is 20.6 Å². The first-order chi connectivity index (χ1) is 11.6. The molecule has 0 unspecified atom stereocenters. The summed E-state index contributed by atoms with van der Waals surface area (Å²) in [5, 5.41) is 5.57. The summed E-state index contributed by atoms with van der Waals surface area (Å²) in [5.74, 6) is 0.153. The van der Waals surface area contributed by atoms with Crippen LogP contribution < -0.4 is 15.5 Å². The van der Waals surface area contributed by atoms with Crippen molar-refractivity contribution in [2.45, 2.75) is 32.2 Å². The number of nitrogens with one attached hydrogen (secondary N) is 3. The van der Waals surface area contributed by atoms with Gasteiger partial charge in [-0.15, -0.1) is 0 Å². The number of carbonyl (C=O) groups excluding carboxylic acids is 2. The minimum absolute atomic E-state index is 0.153. The molecule has 0 spiro atoms. The molecule has 2 heterocycles. The number of urea groups is 1. The van der Waals surface area contributed by atoms with Crippen molar-refractivity contribution < 1.29 is 9.59 Å². The summed E-state index contributed by atoms with van der Waals surface area (Å²) in [5.41, 5.74) is 2.54. The molecule has 1 aromatic carbocycles. The number of imidazole rings is 1. The number of rotatable bonds is 5. The van der Waals surface area contributed by atoms with Gasteiger partial charge in [0.1, 0.15) is 0 Å². The fraction of sp³-hybridized carbons (Fsp3) is 0.353. The van der Waals surface area contributed by atoms with Crippen LogP contribution in [0.2, 0.25) is 0 Å². The summed E-state index contributed by atoms with van der Waals surface area (Å²) in [6, 6.07) is 7.30. The molecule has 1 atom stereocenters. The third kappa shape index (κ3) is 3.73. The second-order valence-electron chi connectivity index (χ2n) is 5.91. The second kappa shape index (κ2) is 7.16. The van der Waals surface area contributed by atoms with Gasteiger partial charge in [-0.25, -0.2) is 9.78 Å². The minimum atomic E-state index is -0.257. The lowest BCUT2D eigenvalue weighted by atomic mass is 10.2. The van der Waals surface area contributed by atoms with Gasteiger partial charge in [-0.2, -0.15) is 0 Å². The highest BCUT2D eigenvalue weighted by Crippen LogP contribution is 2.27. The number of aromatic amines is 1. The topological polar surface area (TPSA) is 90.1 Å². The average Bonchev–Trinajstić information content (AvgIpc) is 3.19. The highest BCUT2D eigenvalue weighted by molar-refractivity contribution is 5.96. The molecule has 7 heteroatoms. The molecular weight excluding hydrogens is 306 g/mol. The lowest BCUT2D eigenvalue weighted by Gasteiger charge is -2.22. The van der Waals surface area contributed by atoms with E-state index in [-0.39, 0.29) is 18.0 Å². The Morgan fingerprint density at radius 3 is 2.79 bits per heavy atom. The SMILES string of the molecule is C[C@@H]1CCC(=O)N1c1ccc(NC(=O)NCCc2cnc[nH]2)cc1. The van der Waals surface area contributed by atoms with Gasteiger partial charge in [-0.05, 0) is 37.6 Å². The van der Waals surface area contributed by atoms with E-state index in [0.717, 1.165) is 17.8 Å². The molecule has 2 aromatic rings. The predicted molar refractivity (Wildman–Crippen MR) is 91.9 cm³/mol. The van der Waals surface area contributed by atoms with Gasteiger partial charge in [-0.1, -0.05) is 0 Å². The van der Waals surface area contributed by atoms with Crippen LogP contribution in [0, 0.1) is 0 Å². The van der Waals surface area contributed by atoms with Gasteiger partial charge in [0, 0.05) is 48.7 Å². The third-order valence-electron chi connectivity index (χ3n) is 4.12. The number of benzene rings is 1. The maximum absolute atomic E-state index is 11.9. The standard InChI is InChI=1S/C17H21N5O2/c1-12-2-7-16(23)22(12)15-5-3-13(4-6-15)21-17(24)19-9-8-14-10-18-11-20-14/h3-6,10-12H,2,7-9H2,1H3,(H,18,20)(H2,19,21,24)/t12-/m1/s1. The molecule has 1 saturated heterocycles. The van der Waals surface area contributed by atoms with Gasteiger partial charge in [0.15, 0.2) is 0 Å². The zero-order chi connectivity index (χ0) is 16.9. The molecule has 0 radical (unpaired) electrons. The van der Waals surface area contributed by atoms with Crippen molar-refractivity contribution in [3.63, 3.8) is 0 Å². The Balaban J connectivity index is 1.50. The smallest absolute Gasteiger partial charge is 0.319 e. The number of nitrogens with zero attached hydrogens (tertiary/aromatic N) is 2. The minimum Gasteiger partial charge on any atom is -0.348 e. The molecule has 1 aliphatic rings. The van der Waals surface area contributed by atoms with E-state index in [1.54, 1.807) is 12.5 Å². The lowest BCUT2D eigenvalue weighted by Crippen LogP contribution is -2.31. The highest BCUT2D eigenvalue weighted by Gasteiger charge is 2.28. The number of carbonyl (C=O) groups is 2. The van der Waals surface area contributed by atoms with Crippen molar-refractivity contribution in [3.05, 3.63) is 42.5 Å². The van der Waals surface area contributed by atoms with Crippen LogP contribution in [0.1, 0.15) is 25.5 Å². The molecule has 7 nitrogen and oxygen atoms in total. The maximum Gasteiger partial charge on any atom is 0.319 e. The van der Waals surface area contributed by atoms with Crippen LogP contribution in [0.3, 0.4) is 0 Å². The van der Waals surface area contributed by atoms with E-state index >= 15 is 0 Å². The number of H-pyrrole nitrogens is 1. The van der Waals surface area contributed by atoms with Crippen molar-refractivity contribution >= 4 is 23.3 Å². The third-order valence-corrected chi connectivity index (χ3v) is 4.12. The van der Waals surface area contributed by atoms with Crippen LogP contribution in [-0.2, 0) is 11.2 Å². The highest BCUT2D eigenvalue weighted by atomic mass is 16.2. The Bertz CT molecular complexity index is 696. The Labute approximate surface area is 140 Å². The van der Waals surface area contributed by atoms with E-state index in [0.29, 0.717) is 25.1 Å². The number of anilines is 2. The molecule has 126 valence electrons. The fourth-order valence-corrected chi connectivity index (χ4v) is 2.84. The molecule has 3 N–H and O–H groups in total. The number of amides is 3. The Morgan fingerprint density at radius 1 is 1.38 bits per heavy atom. The van der Waals surface area contributed by atoms with Crippen molar-refractivity contribution in [2.75, 3.05) is 16.8 Å². The summed E-state index contributed by atoms with van der Waals surface area (Å²) in [4.78, 5) is 32.5. The first-order valence-electron chi connectivity index (χ1n) is 8.08. The fourth-order valence-electron chi connectivity index (χ4n) is 2.84. The first-order valence-corrected chi connectivity index (χ1v) is 8.08. The second-order valence-corrected chi connectivity index (χ2v) is 5.91. The van der Waals surface area contributed by atoms with Gasteiger partial charge in [0.2, 0.25) is 5.91 Å². The number of hydrogen-bond acceptors (Lipinski definition) is 3. The van der Waals surface area contributed by atoms with Crippen LogP contribution in [-0.4, -0.2) is 34.5 Å². The van der Waals surface area contributed by atoms with Crippen LogP contribution in [0.5, 0.6) is 0 Å². The van der Waals surface area contributed by atoms with Crippen LogP contribution in [0.4, 0.5) is 16.2 Å². The Kier molecular flexibility index (Phi) is 4.79. The summed E-state index contributed by atoms with van der Waals surface area (Å²) < 4.78 is 0. The zero-order valence-corrected chi connectivity index (χ0v) is 13.6. The lowest BCUT2D eigenvalue weighted by molar-refractivity contribution is -0.117. The molecule has 0 saturated carbocycles. The molecule has 24 heavy (non-hydrogen) atoms. The quantitative estimate of drug-likeness (QED) is 0.787. The summed E-state index contributed by atoms with van der Waals surface area (Å²) in [7, 11) is 0. The predicted octanol–water partition coefficient (Wildman–Crippen LogP) is 2.29. The average molecular weight is 327 g/mol. The molecule has 1 aromatic heterocycles. The van der Waals surface area contributed by atoms with Crippen molar-refractivity contribution in [2.24, 2.45) is 0 Å². The summed E-state index contributed by atoms with van der Waals surface area (Å²) >= 11 is 0. The number of aromatic nitrogens is 2. The van der Waals surface area contributed by atoms with Gasteiger partial charge in [0.05, 0.1) is 6.33 Å². The Morgan fingerprint density at radius 2 is 2.17 bits per heavy atom. The zero-order valence-electron chi connectivity index (χ0n) is 13.6. The van der Waals surface area contributed by atoms with Gasteiger partial charge < -0.3 is 20.5 Å². The molecule has 1 fully saturated rings. The normalized spacial score (nSPS) is 17.1. The molecule has 0 aliphatic carbocycles. The van der Waals surface area contributed by atoms with E-state index in [4.69, 9.17) is 0 Å². The molecule has 3 amide bonds. The maximum atomic E-state index is 11.9. The van der Waals surface area contributed by atoms with Crippen LogP contribution in [0.25, 0.3) is 0 Å². The van der Waals surface area contributed by atoms with Gasteiger partial charge in [-0.3, -0.25) is 4.79 Å². The molecule has 0 bridgehead atoms. The van der Waals surface area contributed by atoms with Gasteiger partial charge >= 0.3 is 6.03 Å². The van der Waals surface area contributed by atoms with Crippen LogP contribution in [0.15, 0.2) is 36.8 Å². The summed E-state index contributed by atoms with van der Waals surface area (Å²) in [6.07, 6.45) is 5.53. The monoisotopic (exact) mass is 327 g/mol. The van der Waals surface area contributed by atoms with E-state index in [1.165, 1.54) is 0 Å². The summed E-state index contributed by atoms with van der Waals surface area (Å²) in [6.45, 7) is 2.57. The van der Waals surface area contributed by atoms with Crippen molar-refractivity contribution in [3.8, 4) is 0 Å². The van der Waals surface area contributed by atoms with E-state index in [9.17, 15) is 9.59 Å². The molecular formula is C17H21N5O2. The first kappa shape index (κ1) is 16.0. The largest absolute Gasteiger partial charge is 0.348 e. The van der Waals surface area contributed by atoms with Crippen molar-refractivity contribution in [1.82, 2.24) is 15.3 Å². The number of hydrogen-bond donors (Lipinski definition) is 3. The molecule has 3 rings (SSSR count).